The molecule has 0 radical (unpaired) electrons. The lowest BCUT2D eigenvalue weighted by Crippen LogP contribution is -2.40. The van der Waals surface area contributed by atoms with E-state index < -0.39 is 27.9 Å². The van der Waals surface area contributed by atoms with Crippen molar-refractivity contribution in [2.45, 2.75) is 62.8 Å². The monoisotopic (exact) mass is 531 g/mol. The smallest absolute Gasteiger partial charge is 0.249 e. The zero-order chi connectivity index (χ0) is 27.2. The van der Waals surface area contributed by atoms with Crippen LogP contribution in [0.25, 0.3) is 0 Å². The predicted octanol–water partition coefficient (Wildman–Crippen LogP) is 2.00. The SMILES string of the molecule is Cc1ccc(S(N)(=O)=O)cc1NC(=O)[C@@H](CC1CCCCC1)N=C(N)NC(=O)Cc1ccc(O)c(O)c1. The number of guanidine groups is 1. The van der Waals surface area contributed by atoms with Gasteiger partial charge in [0.1, 0.15) is 6.04 Å². The standard InChI is InChI=1S/C25H33N5O6S/c1-15-7-9-18(37(27,35)36)14-19(15)28-24(34)20(11-16-5-3-2-4-6-16)29-25(26)30-23(33)13-17-8-10-21(31)22(32)12-17/h7-10,12,14,16,20,31-32H,2-6,11,13H2,1H3,(H,28,34)(H2,27,35,36)(H3,26,29,30,33)/t20-/m1/s1. The predicted molar refractivity (Wildman–Crippen MR) is 139 cm³/mol. The third-order valence-corrected chi connectivity index (χ3v) is 7.26. The minimum absolute atomic E-state index is 0.132. The number of primary sulfonamides is 1. The Balaban J connectivity index is 1.77. The lowest BCUT2D eigenvalue weighted by molar-refractivity contribution is -0.119. The first-order valence-corrected chi connectivity index (χ1v) is 13.6. The first-order valence-electron chi connectivity index (χ1n) is 12.0. The molecule has 3 rings (SSSR count). The second-order valence-corrected chi connectivity index (χ2v) is 10.9. The van der Waals surface area contributed by atoms with Crippen molar-refractivity contribution in [2.75, 3.05) is 5.32 Å². The van der Waals surface area contributed by atoms with Crippen LogP contribution in [0.5, 0.6) is 11.5 Å². The second-order valence-electron chi connectivity index (χ2n) is 9.33. The van der Waals surface area contributed by atoms with Crippen LogP contribution in [0.15, 0.2) is 46.3 Å². The molecule has 1 aliphatic carbocycles. The van der Waals surface area contributed by atoms with Gasteiger partial charge >= 0.3 is 0 Å². The molecule has 0 aliphatic heterocycles. The summed E-state index contributed by atoms with van der Waals surface area (Å²) in [6, 6.07) is 7.30. The number of aliphatic imine (C=N–C) groups is 1. The number of aromatic hydroxyl groups is 2. The number of carbonyl (C=O) groups is 2. The Morgan fingerprint density at radius 3 is 2.43 bits per heavy atom. The van der Waals surface area contributed by atoms with E-state index in [4.69, 9.17) is 10.9 Å². The van der Waals surface area contributed by atoms with Crippen LogP contribution in [0.4, 0.5) is 5.69 Å². The lowest BCUT2D eigenvalue weighted by Gasteiger charge is -2.24. The summed E-state index contributed by atoms with van der Waals surface area (Å²) in [6.07, 6.45) is 5.45. The number of nitrogens with two attached hydrogens (primary N) is 2. The van der Waals surface area contributed by atoms with Crippen molar-refractivity contribution < 1.29 is 28.2 Å². The van der Waals surface area contributed by atoms with Gasteiger partial charge in [0.25, 0.3) is 0 Å². The third-order valence-electron chi connectivity index (χ3n) is 6.35. The van der Waals surface area contributed by atoms with Crippen LogP contribution in [-0.4, -0.2) is 42.4 Å². The Bertz CT molecular complexity index is 1290. The number of anilines is 1. The molecule has 0 aromatic heterocycles. The van der Waals surface area contributed by atoms with Crippen LogP contribution in [0.1, 0.15) is 49.7 Å². The number of amides is 2. The summed E-state index contributed by atoms with van der Waals surface area (Å²) in [5.74, 6) is -1.63. The third kappa shape index (κ3) is 8.19. The number of phenolic OH excluding ortho intramolecular Hbond substituents is 2. The van der Waals surface area contributed by atoms with Gasteiger partial charge in [-0.1, -0.05) is 44.2 Å². The maximum atomic E-state index is 13.3. The molecular formula is C25H33N5O6S. The molecule has 0 saturated heterocycles. The van der Waals surface area contributed by atoms with Crippen LogP contribution in [0.3, 0.4) is 0 Å². The fraction of sp³-hybridized carbons (Fsp3) is 0.400. The molecule has 12 heteroatoms. The summed E-state index contributed by atoms with van der Waals surface area (Å²) >= 11 is 0. The molecule has 1 atom stereocenters. The van der Waals surface area contributed by atoms with Gasteiger partial charge in [-0.05, 0) is 54.7 Å². The minimum atomic E-state index is -3.96. The molecular weight excluding hydrogens is 498 g/mol. The van der Waals surface area contributed by atoms with Gasteiger partial charge < -0.3 is 21.3 Å². The highest BCUT2D eigenvalue weighted by Crippen LogP contribution is 2.29. The van der Waals surface area contributed by atoms with Crippen molar-refractivity contribution >= 4 is 33.5 Å². The Morgan fingerprint density at radius 2 is 1.78 bits per heavy atom. The average molecular weight is 532 g/mol. The molecule has 0 bridgehead atoms. The van der Waals surface area contributed by atoms with E-state index in [9.17, 15) is 28.2 Å². The number of carbonyl (C=O) groups excluding carboxylic acids is 2. The molecule has 2 aromatic carbocycles. The highest BCUT2D eigenvalue weighted by atomic mass is 32.2. The number of nitrogens with zero attached hydrogens (tertiary/aromatic N) is 1. The molecule has 0 unspecified atom stereocenters. The normalized spacial score (nSPS) is 15.7. The quantitative estimate of drug-likeness (QED) is 0.170. The molecule has 1 aliphatic rings. The number of rotatable bonds is 8. The van der Waals surface area contributed by atoms with Gasteiger partial charge in [-0.15, -0.1) is 0 Å². The summed E-state index contributed by atoms with van der Waals surface area (Å²) in [6.45, 7) is 1.72. The zero-order valence-electron chi connectivity index (χ0n) is 20.6. The maximum Gasteiger partial charge on any atom is 0.249 e. The van der Waals surface area contributed by atoms with Crippen LogP contribution >= 0.6 is 0 Å². The van der Waals surface area contributed by atoms with Gasteiger partial charge in [0.05, 0.1) is 11.3 Å². The molecule has 2 amide bonds. The van der Waals surface area contributed by atoms with Crippen LogP contribution < -0.4 is 21.5 Å². The van der Waals surface area contributed by atoms with Gasteiger partial charge in [0, 0.05) is 5.69 Å². The van der Waals surface area contributed by atoms with Crippen LogP contribution in [0, 0.1) is 12.8 Å². The number of nitrogens with one attached hydrogen (secondary N) is 2. The minimum Gasteiger partial charge on any atom is -0.504 e. The Kier molecular flexibility index (Phi) is 9.11. The van der Waals surface area contributed by atoms with E-state index in [0.717, 1.165) is 32.1 Å². The summed E-state index contributed by atoms with van der Waals surface area (Å²) in [5.41, 5.74) is 7.36. The highest BCUT2D eigenvalue weighted by molar-refractivity contribution is 7.89. The fourth-order valence-electron chi connectivity index (χ4n) is 4.34. The van der Waals surface area contributed by atoms with E-state index >= 15 is 0 Å². The van der Waals surface area contributed by atoms with Crippen molar-refractivity contribution in [3.8, 4) is 11.5 Å². The Hall–Kier alpha value is -3.64. The van der Waals surface area contributed by atoms with E-state index in [1.165, 1.54) is 30.3 Å². The second kappa shape index (κ2) is 12.1. The van der Waals surface area contributed by atoms with Gasteiger partial charge in [-0.2, -0.15) is 0 Å². The number of phenols is 2. The van der Waals surface area contributed by atoms with Crippen molar-refractivity contribution in [1.82, 2.24) is 5.32 Å². The van der Waals surface area contributed by atoms with E-state index in [-0.39, 0.29) is 40.4 Å². The van der Waals surface area contributed by atoms with Crippen LogP contribution in [-0.2, 0) is 26.0 Å². The lowest BCUT2D eigenvalue weighted by atomic mass is 9.84. The Morgan fingerprint density at radius 1 is 1.08 bits per heavy atom. The summed E-state index contributed by atoms with van der Waals surface area (Å²) in [4.78, 5) is 29.9. The number of aryl methyl sites for hydroxylation is 1. The molecule has 2 aromatic rings. The number of benzene rings is 2. The van der Waals surface area contributed by atoms with Crippen molar-refractivity contribution in [2.24, 2.45) is 21.8 Å². The number of sulfonamides is 1. The van der Waals surface area contributed by atoms with E-state index in [1.807, 2.05) is 0 Å². The summed E-state index contributed by atoms with van der Waals surface area (Å²) < 4.78 is 23.5. The maximum absolute atomic E-state index is 13.3. The van der Waals surface area contributed by atoms with E-state index in [0.29, 0.717) is 17.5 Å². The largest absolute Gasteiger partial charge is 0.504 e. The van der Waals surface area contributed by atoms with Gasteiger partial charge in [0.2, 0.25) is 21.8 Å². The van der Waals surface area contributed by atoms with Crippen molar-refractivity contribution in [1.29, 1.82) is 0 Å². The zero-order valence-corrected chi connectivity index (χ0v) is 21.4. The summed E-state index contributed by atoms with van der Waals surface area (Å²) in [7, 11) is -3.96. The molecule has 1 fully saturated rings. The molecule has 0 heterocycles. The van der Waals surface area contributed by atoms with E-state index in [1.54, 1.807) is 13.0 Å². The van der Waals surface area contributed by atoms with Crippen molar-refractivity contribution in [3.05, 3.63) is 47.5 Å². The highest BCUT2D eigenvalue weighted by Gasteiger charge is 2.25. The fourth-order valence-corrected chi connectivity index (χ4v) is 4.88. The Labute approximate surface area is 216 Å². The first-order chi connectivity index (χ1) is 17.4. The topological polar surface area (TPSA) is 197 Å². The number of hydrogen-bond donors (Lipinski definition) is 6. The first kappa shape index (κ1) is 27.9. The van der Waals surface area contributed by atoms with Crippen molar-refractivity contribution in [3.63, 3.8) is 0 Å². The van der Waals surface area contributed by atoms with Crippen LogP contribution in [0.2, 0.25) is 0 Å². The van der Waals surface area contributed by atoms with Gasteiger partial charge in [-0.25, -0.2) is 18.5 Å². The molecule has 37 heavy (non-hydrogen) atoms. The molecule has 200 valence electrons. The van der Waals surface area contributed by atoms with Gasteiger partial charge in [0.15, 0.2) is 17.5 Å². The molecule has 11 nitrogen and oxygen atoms in total. The van der Waals surface area contributed by atoms with E-state index in [2.05, 4.69) is 15.6 Å². The van der Waals surface area contributed by atoms with Gasteiger partial charge in [-0.3, -0.25) is 14.9 Å². The number of hydrogen-bond acceptors (Lipinski definition) is 7. The average Bonchev–Trinajstić information content (AvgIpc) is 2.82. The molecule has 0 spiro atoms. The molecule has 8 N–H and O–H groups in total. The molecule has 1 saturated carbocycles. The summed E-state index contributed by atoms with van der Waals surface area (Å²) in [5, 5.41) is 29.5.